The fourth-order valence-corrected chi connectivity index (χ4v) is 10.6. The standard InChI is InChI=1S/C67H130O6/c1-4-7-10-13-16-19-22-24-26-28-30-31-32-33-34-35-36-37-39-40-42-45-48-51-54-57-60-66(69)72-63-64(62-71-65(68)59-56-53-50-47-44-21-18-15-12-9-6-3)73-67(70)61-58-55-52-49-46-43-41-38-29-27-25-23-20-17-14-11-8-5-2/h64H,4-63H2,1-3H3. The van der Waals surface area contributed by atoms with E-state index >= 15 is 0 Å². The lowest BCUT2D eigenvalue weighted by Gasteiger charge is -2.18. The first-order valence-electron chi connectivity index (χ1n) is 33.5. The van der Waals surface area contributed by atoms with Gasteiger partial charge in [-0.05, 0) is 19.3 Å². The van der Waals surface area contributed by atoms with E-state index in [0.717, 1.165) is 57.8 Å². The van der Waals surface area contributed by atoms with Crippen LogP contribution in [0.1, 0.15) is 393 Å². The molecular formula is C67H130O6. The lowest BCUT2D eigenvalue weighted by Crippen LogP contribution is -2.30. The number of unbranched alkanes of at least 4 members (excludes halogenated alkanes) is 52. The molecule has 0 heterocycles. The number of hydrogen-bond acceptors (Lipinski definition) is 6. The second-order valence-electron chi connectivity index (χ2n) is 23.1. The van der Waals surface area contributed by atoms with E-state index in [0.29, 0.717) is 19.3 Å². The smallest absolute Gasteiger partial charge is 0.306 e. The lowest BCUT2D eigenvalue weighted by molar-refractivity contribution is -0.167. The maximum absolute atomic E-state index is 12.9. The van der Waals surface area contributed by atoms with Gasteiger partial charge in [-0.15, -0.1) is 0 Å². The summed E-state index contributed by atoms with van der Waals surface area (Å²) in [6.07, 6.45) is 72.7. The van der Waals surface area contributed by atoms with Gasteiger partial charge in [0.05, 0.1) is 0 Å². The SMILES string of the molecule is CCCCCCCCCCCCCCCCCCCCCCCCCCCCC(=O)OCC(COC(=O)CCCCCCCCCCCCC)OC(=O)CCCCCCCCCCCCCCCCCCCC. The Bertz CT molecular complexity index is 1090. The number of carbonyl (C=O) groups is 3. The Morgan fingerprint density at radius 3 is 0.548 bits per heavy atom. The molecular weight excluding hydrogens is 901 g/mol. The maximum Gasteiger partial charge on any atom is 0.306 e. The molecule has 0 radical (unpaired) electrons. The number of rotatable bonds is 63. The highest BCUT2D eigenvalue weighted by molar-refractivity contribution is 5.71. The van der Waals surface area contributed by atoms with E-state index in [2.05, 4.69) is 20.8 Å². The van der Waals surface area contributed by atoms with Gasteiger partial charge in [0, 0.05) is 19.3 Å². The molecule has 0 aliphatic heterocycles. The summed E-state index contributed by atoms with van der Waals surface area (Å²) in [5.41, 5.74) is 0. The van der Waals surface area contributed by atoms with Gasteiger partial charge in [0.2, 0.25) is 0 Å². The van der Waals surface area contributed by atoms with Gasteiger partial charge in [0.25, 0.3) is 0 Å². The molecule has 0 aliphatic rings. The average molecular weight is 1030 g/mol. The van der Waals surface area contributed by atoms with Gasteiger partial charge in [0.15, 0.2) is 6.10 Å². The third-order valence-corrected chi connectivity index (χ3v) is 15.6. The van der Waals surface area contributed by atoms with Crippen LogP contribution in [0.15, 0.2) is 0 Å². The van der Waals surface area contributed by atoms with E-state index in [1.165, 1.54) is 295 Å². The van der Waals surface area contributed by atoms with Crippen LogP contribution >= 0.6 is 0 Å². The summed E-state index contributed by atoms with van der Waals surface area (Å²) in [5.74, 6) is -0.826. The molecule has 1 unspecified atom stereocenters. The summed E-state index contributed by atoms with van der Waals surface area (Å²) in [5, 5.41) is 0. The molecule has 0 aliphatic carbocycles. The molecule has 0 spiro atoms. The van der Waals surface area contributed by atoms with E-state index in [9.17, 15) is 14.4 Å². The third-order valence-electron chi connectivity index (χ3n) is 15.6. The fourth-order valence-electron chi connectivity index (χ4n) is 10.6. The van der Waals surface area contributed by atoms with Gasteiger partial charge in [0.1, 0.15) is 13.2 Å². The fraction of sp³-hybridized carbons (Fsp3) is 0.955. The van der Waals surface area contributed by atoms with Crippen molar-refractivity contribution in [2.45, 2.75) is 399 Å². The molecule has 434 valence electrons. The lowest BCUT2D eigenvalue weighted by atomic mass is 10.0. The number of esters is 3. The first-order chi connectivity index (χ1) is 36.0. The zero-order valence-corrected chi connectivity index (χ0v) is 50.0. The van der Waals surface area contributed by atoms with E-state index in [-0.39, 0.29) is 31.1 Å². The Morgan fingerprint density at radius 2 is 0.370 bits per heavy atom. The Morgan fingerprint density at radius 1 is 0.219 bits per heavy atom. The van der Waals surface area contributed by atoms with Crippen LogP contribution in [0, 0.1) is 0 Å². The Hall–Kier alpha value is -1.59. The topological polar surface area (TPSA) is 78.9 Å². The molecule has 1 atom stereocenters. The van der Waals surface area contributed by atoms with Crippen LogP contribution in [0.3, 0.4) is 0 Å². The van der Waals surface area contributed by atoms with E-state index in [4.69, 9.17) is 14.2 Å². The Balaban J connectivity index is 4.13. The van der Waals surface area contributed by atoms with Gasteiger partial charge in [-0.3, -0.25) is 14.4 Å². The van der Waals surface area contributed by atoms with Crippen molar-refractivity contribution in [1.29, 1.82) is 0 Å². The van der Waals surface area contributed by atoms with Crippen molar-refractivity contribution in [2.75, 3.05) is 13.2 Å². The molecule has 73 heavy (non-hydrogen) atoms. The summed E-state index contributed by atoms with van der Waals surface area (Å²) in [6.45, 7) is 6.72. The number of ether oxygens (including phenoxy) is 3. The minimum atomic E-state index is -0.762. The highest BCUT2D eigenvalue weighted by atomic mass is 16.6. The first kappa shape index (κ1) is 71.4. The summed E-state index contributed by atoms with van der Waals surface area (Å²) < 4.78 is 16.9. The van der Waals surface area contributed by atoms with Crippen molar-refractivity contribution >= 4 is 17.9 Å². The van der Waals surface area contributed by atoms with Crippen LogP contribution in [0.5, 0.6) is 0 Å². The highest BCUT2D eigenvalue weighted by Gasteiger charge is 2.19. The molecule has 0 aromatic rings. The van der Waals surface area contributed by atoms with Crippen LogP contribution in [-0.4, -0.2) is 37.2 Å². The molecule has 0 fully saturated rings. The number of carbonyl (C=O) groups excluding carboxylic acids is 3. The summed E-state index contributed by atoms with van der Waals surface area (Å²) in [7, 11) is 0. The van der Waals surface area contributed by atoms with Crippen LogP contribution in [-0.2, 0) is 28.6 Å². The van der Waals surface area contributed by atoms with Crippen LogP contribution in [0.2, 0.25) is 0 Å². The highest BCUT2D eigenvalue weighted by Crippen LogP contribution is 2.19. The minimum absolute atomic E-state index is 0.0606. The first-order valence-corrected chi connectivity index (χ1v) is 33.5. The third kappa shape index (κ3) is 61.1. The van der Waals surface area contributed by atoms with E-state index < -0.39 is 6.10 Å². The van der Waals surface area contributed by atoms with Crippen molar-refractivity contribution in [3.8, 4) is 0 Å². The predicted octanol–water partition coefficient (Wildman–Crippen LogP) is 22.7. The summed E-state index contributed by atoms with van der Waals surface area (Å²) in [6, 6.07) is 0. The van der Waals surface area contributed by atoms with Gasteiger partial charge >= 0.3 is 17.9 Å². The van der Waals surface area contributed by atoms with Crippen molar-refractivity contribution in [2.24, 2.45) is 0 Å². The minimum Gasteiger partial charge on any atom is -0.462 e. The largest absolute Gasteiger partial charge is 0.462 e. The van der Waals surface area contributed by atoms with Gasteiger partial charge in [-0.25, -0.2) is 0 Å². The summed E-state index contributed by atoms with van der Waals surface area (Å²) in [4.78, 5) is 38.3. The molecule has 0 aromatic heterocycles. The summed E-state index contributed by atoms with van der Waals surface area (Å²) >= 11 is 0. The molecule has 0 bridgehead atoms. The van der Waals surface area contributed by atoms with Crippen molar-refractivity contribution in [3.05, 3.63) is 0 Å². The molecule has 0 amide bonds. The van der Waals surface area contributed by atoms with E-state index in [1.807, 2.05) is 0 Å². The second-order valence-corrected chi connectivity index (χ2v) is 23.1. The number of hydrogen-bond donors (Lipinski definition) is 0. The van der Waals surface area contributed by atoms with Crippen molar-refractivity contribution in [1.82, 2.24) is 0 Å². The van der Waals surface area contributed by atoms with Gasteiger partial charge in [-0.1, -0.05) is 355 Å². The molecule has 0 N–H and O–H groups in total. The Labute approximate surface area is 457 Å². The van der Waals surface area contributed by atoms with Crippen molar-refractivity contribution in [3.63, 3.8) is 0 Å². The van der Waals surface area contributed by atoms with Crippen LogP contribution in [0.4, 0.5) is 0 Å². The van der Waals surface area contributed by atoms with Crippen LogP contribution < -0.4 is 0 Å². The molecule has 6 heteroatoms. The maximum atomic E-state index is 12.9. The predicted molar refractivity (Wildman–Crippen MR) is 317 cm³/mol. The molecule has 0 saturated heterocycles. The average Bonchev–Trinajstić information content (AvgIpc) is 3.39. The zero-order chi connectivity index (χ0) is 52.9. The Kier molecular flexibility index (Phi) is 61.6. The van der Waals surface area contributed by atoms with E-state index in [1.54, 1.807) is 0 Å². The van der Waals surface area contributed by atoms with Crippen LogP contribution in [0.25, 0.3) is 0 Å². The van der Waals surface area contributed by atoms with Gasteiger partial charge in [-0.2, -0.15) is 0 Å². The molecule has 0 rings (SSSR count). The van der Waals surface area contributed by atoms with Gasteiger partial charge < -0.3 is 14.2 Å². The second kappa shape index (κ2) is 62.9. The normalized spacial score (nSPS) is 11.9. The monoisotopic (exact) mass is 1030 g/mol. The molecule has 0 aromatic carbocycles. The quantitative estimate of drug-likeness (QED) is 0.0343. The zero-order valence-electron chi connectivity index (χ0n) is 50.0. The molecule has 6 nitrogen and oxygen atoms in total. The van der Waals surface area contributed by atoms with Crippen molar-refractivity contribution < 1.29 is 28.6 Å². The molecule has 0 saturated carbocycles.